The zero-order valence-electron chi connectivity index (χ0n) is 11.7. The van der Waals surface area contributed by atoms with Crippen LogP contribution in [-0.4, -0.2) is 32.1 Å². The fourth-order valence-corrected chi connectivity index (χ4v) is 2.20. The Labute approximate surface area is 117 Å². The van der Waals surface area contributed by atoms with Gasteiger partial charge in [-0.2, -0.15) is 0 Å². The average molecular weight is 278 g/mol. The van der Waals surface area contributed by atoms with Crippen LogP contribution in [-0.2, 0) is 20.7 Å². The van der Waals surface area contributed by atoms with Crippen molar-refractivity contribution >= 4 is 11.8 Å². The van der Waals surface area contributed by atoms with Gasteiger partial charge in [-0.1, -0.05) is 0 Å². The third-order valence-electron chi connectivity index (χ3n) is 3.25. The minimum absolute atomic E-state index is 0.142. The van der Waals surface area contributed by atoms with Crippen molar-refractivity contribution < 1.29 is 23.8 Å². The van der Waals surface area contributed by atoms with Crippen LogP contribution in [0.15, 0.2) is 18.2 Å². The molecule has 0 unspecified atom stereocenters. The van der Waals surface area contributed by atoms with Crippen LogP contribution >= 0.6 is 0 Å². The summed E-state index contributed by atoms with van der Waals surface area (Å²) >= 11 is 0. The molecule has 0 spiro atoms. The molecule has 5 heteroatoms. The van der Waals surface area contributed by atoms with E-state index in [1.165, 1.54) is 0 Å². The van der Waals surface area contributed by atoms with Crippen molar-refractivity contribution in [1.82, 2.24) is 0 Å². The highest BCUT2D eigenvalue weighted by atomic mass is 16.5. The average Bonchev–Trinajstić information content (AvgIpc) is 2.46. The molecule has 0 saturated carbocycles. The standard InChI is InChI=1S/C15H18O5/c1-3-19-15(17)8-13(16)11-6-10-7-12(18-2)4-5-14(10)20-9-11/h4-5,7,11H,3,6,8-9H2,1-2H3/t11-/m0/s1. The van der Waals surface area contributed by atoms with E-state index in [9.17, 15) is 9.59 Å². The molecule has 1 heterocycles. The Bertz CT molecular complexity index is 509. The third kappa shape index (κ3) is 3.29. The summed E-state index contributed by atoms with van der Waals surface area (Å²) in [6.45, 7) is 2.31. The summed E-state index contributed by atoms with van der Waals surface area (Å²) in [5.74, 6) is 0.571. The van der Waals surface area contributed by atoms with Crippen LogP contribution in [0.3, 0.4) is 0 Å². The van der Waals surface area contributed by atoms with Crippen molar-refractivity contribution in [2.45, 2.75) is 19.8 Å². The normalized spacial score (nSPS) is 16.8. The maximum absolute atomic E-state index is 12.0. The Morgan fingerprint density at radius 1 is 1.40 bits per heavy atom. The van der Waals surface area contributed by atoms with Gasteiger partial charge >= 0.3 is 5.97 Å². The van der Waals surface area contributed by atoms with E-state index in [4.69, 9.17) is 14.2 Å². The molecule has 2 rings (SSSR count). The second-order valence-electron chi connectivity index (χ2n) is 4.63. The first-order chi connectivity index (χ1) is 9.63. The van der Waals surface area contributed by atoms with Gasteiger partial charge in [0, 0.05) is 0 Å². The molecule has 0 aliphatic carbocycles. The minimum atomic E-state index is -0.478. The molecule has 1 aromatic carbocycles. The monoisotopic (exact) mass is 278 g/mol. The zero-order chi connectivity index (χ0) is 14.5. The number of methoxy groups -OCH3 is 1. The molecule has 0 amide bonds. The molecule has 1 atom stereocenters. The van der Waals surface area contributed by atoms with Crippen LogP contribution in [0.5, 0.6) is 11.5 Å². The first kappa shape index (κ1) is 14.4. The van der Waals surface area contributed by atoms with Crippen molar-refractivity contribution in [3.05, 3.63) is 23.8 Å². The van der Waals surface area contributed by atoms with E-state index >= 15 is 0 Å². The van der Waals surface area contributed by atoms with Gasteiger partial charge in [-0.05, 0) is 37.1 Å². The largest absolute Gasteiger partial charge is 0.497 e. The van der Waals surface area contributed by atoms with E-state index in [1.54, 1.807) is 14.0 Å². The van der Waals surface area contributed by atoms with Gasteiger partial charge in [0.05, 0.1) is 26.2 Å². The summed E-state index contributed by atoms with van der Waals surface area (Å²) in [5, 5.41) is 0. The minimum Gasteiger partial charge on any atom is -0.497 e. The lowest BCUT2D eigenvalue weighted by molar-refractivity contribution is -0.146. The molecule has 1 aromatic rings. The second-order valence-corrected chi connectivity index (χ2v) is 4.63. The number of carbonyl (C=O) groups excluding carboxylic acids is 2. The molecule has 1 aliphatic rings. The van der Waals surface area contributed by atoms with Gasteiger partial charge in [0.25, 0.3) is 0 Å². The lowest BCUT2D eigenvalue weighted by atomic mass is 9.91. The summed E-state index contributed by atoms with van der Waals surface area (Å²) in [6, 6.07) is 5.51. The number of Topliss-reactive ketones (excluding diaryl/α,β-unsaturated/α-hetero) is 1. The molecular weight excluding hydrogens is 260 g/mol. The molecule has 0 aromatic heterocycles. The lowest BCUT2D eigenvalue weighted by Crippen LogP contribution is -2.30. The molecule has 5 nitrogen and oxygen atoms in total. The van der Waals surface area contributed by atoms with Crippen molar-refractivity contribution in [2.24, 2.45) is 5.92 Å². The number of ketones is 1. The van der Waals surface area contributed by atoms with E-state index < -0.39 is 5.97 Å². The van der Waals surface area contributed by atoms with Crippen LogP contribution in [0.4, 0.5) is 0 Å². The molecule has 1 aliphatic heterocycles. The topological polar surface area (TPSA) is 61.8 Å². The van der Waals surface area contributed by atoms with Crippen LogP contribution in [0, 0.1) is 5.92 Å². The molecule has 0 radical (unpaired) electrons. The molecular formula is C15H18O5. The van der Waals surface area contributed by atoms with Crippen LogP contribution < -0.4 is 9.47 Å². The van der Waals surface area contributed by atoms with Gasteiger partial charge < -0.3 is 14.2 Å². The van der Waals surface area contributed by atoms with Crippen molar-refractivity contribution in [2.75, 3.05) is 20.3 Å². The molecule has 0 fully saturated rings. The number of rotatable bonds is 5. The lowest BCUT2D eigenvalue weighted by Gasteiger charge is -2.24. The van der Waals surface area contributed by atoms with Gasteiger partial charge in [0.2, 0.25) is 0 Å². The summed E-state index contributed by atoms with van der Waals surface area (Å²) in [5.41, 5.74) is 0.929. The Morgan fingerprint density at radius 2 is 2.20 bits per heavy atom. The fourth-order valence-electron chi connectivity index (χ4n) is 2.20. The first-order valence-electron chi connectivity index (χ1n) is 6.62. The number of esters is 1. The number of fused-ring (bicyclic) bond motifs is 1. The second kappa shape index (κ2) is 6.41. The highest BCUT2D eigenvalue weighted by Crippen LogP contribution is 2.31. The highest BCUT2D eigenvalue weighted by molar-refractivity contribution is 5.97. The Hall–Kier alpha value is -2.04. The number of carbonyl (C=O) groups is 2. The maximum atomic E-state index is 12.0. The van der Waals surface area contributed by atoms with Crippen molar-refractivity contribution in [3.8, 4) is 11.5 Å². The highest BCUT2D eigenvalue weighted by Gasteiger charge is 2.27. The van der Waals surface area contributed by atoms with Gasteiger partial charge in [-0.25, -0.2) is 0 Å². The quantitative estimate of drug-likeness (QED) is 0.607. The molecule has 0 bridgehead atoms. The zero-order valence-corrected chi connectivity index (χ0v) is 11.7. The van der Waals surface area contributed by atoms with E-state index in [2.05, 4.69) is 0 Å². The van der Waals surface area contributed by atoms with Crippen molar-refractivity contribution in [1.29, 1.82) is 0 Å². The van der Waals surface area contributed by atoms with E-state index in [0.29, 0.717) is 13.0 Å². The molecule has 0 saturated heterocycles. The summed E-state index contributed by atoms with van der Waals surface area (Å²) < 4.78 is 15.5. The SMILES string of the molecule is CCOC(=O)CC(=O)[C@@H]1COc2ccc(OC)cc2C1. The summed E-state index contributed by atoms with van der Waals surface area (Å²) in [6.07, 6.45) is 0.367. The smallest absolute Gasteiger partial charge is 0.313 e. The number of benzene rings is 1. The van der Waals surface area contributed by atoms with E-state index in [-0.39, 0.29) is 24.7 Å². The third-order valence-corrected chi connectivity index (χ3v) is 3.25. The van der Waals surface area contributed by atoms with Crippen molar-refractivity contribution in [3.63, 3.8) is 0 Å². The predicted molar refractivity (Wildman–Crippen MR) is 71.9 cm³/mol. The molecule has 0 N–H and O–H groups in total. The van der Waals surface area contributed by atoms with Gasteiger partial charge in [-0.3, -0.25) is 9.59 Å². The van der Waals surface area contributed by atoms with Gasteiger partial charge in [0.15, 0.2) is 5.78 Å². The van der Waals surface area contributed by atoms with E-state index in [0.717, 1.165) is 17.1 Å². The number of ether oxygens (including phenoxy) is 3. The maximum Gasteiger partial charge on any atom is 0.313 e. The van der Waals surface area contributed by atoms with Crippen LogP contribution in [0.1, 0.15) is 18.9 Å². The first-order valence-corrected chi connectivity index (χ1v) is 6.62. The predicted octanol–water partition coefficient (Wildman–Crippen LogP) is 1.77. The van der Waals surface area contributed by atoms with Gasteiger partial charge in [-0.15, -0.1) is 0 Å². The summed E-state index contributed by atoms with van der Waals surface area (Å²) in [4.78, 5) is 23.4. The Balaban J connectivity index is 2.02. The Morgan fingerprint density at radius 3 is 2.90 bits per heavy atom. The number of hydrogen-bond acceptors (Lipinski definition) is 5. The number of hydrogen-bond donors (Lipinski definition) is 0. The van der Waals surface area contributed by atoms with Crippen LogP contribution in [0.2, 0.25) is 0 Å². The fraction of sp³-hybridized carbons (Fsp3) is 0.467. The van der Waals surface area contributed by atoms with E-state index in [1.807, 2.05) is 18.2 Å². The Kier molecular flexibility index (Phi) is 4.61. The summed E-state index contributed by atoms with van der Waals surface area (Å²) in [7, 11) is 1.59. The van der Waals surface area contributed by atoms with Crippen LogP contribution in [0.25, 0.3) is 0 Å². The van der Waals surface area contributed by atoms with Gasteiger partial charge in [0.1, 0.15) is 17.9 Å². The molecule has 108 valence electrons. The molecule has 20 heavy (non-hydrogen) atoms.